The fraction of sp³-hybridized carbons (Fsp3) is 0.529. The highest BCUT2D eigenvalue weighted by atomic mass is 32.1. The lowest BCUT2D eigenvalue weighted by molar-refractivity contribution is -0.129. The Bertz CT molecular complexity index is 836. The molecule has 26 heavy (non-hydrogen) atoms. The van der Waals surface area contributed by atoms with Gasteiger partial charge in [0, 0.05) is 13.0 Å². The van der Waals surface area contributed by atoms with Crippen molar-refractivity contribution in [2.24, 2.45) is 5.41 Å². The van der Waals surface area contributed by atoms with E-state index in [2.05, 4.69) is 25.9 Å². The van der Waals surface area contributed by atoms with Crippen molar-refractivity contribution in [3.05, 3.63) is 21.4 Å². The molecule has 9 heteroatoms. The van der Waals surface area contributed by atoms with E-state index in [1.807, 2.05) is 27.7 Å². The molecule has 0 saturated carbocycles. The van der Waals surface area contributed by atoms with Gasteiger partial charge in [-0.3, -0.25) is 9.59 Å². The zero-order valence-electron chi connectivity index (χ0n) is 15.4. The summed E-state index contributed by atoms with van der Waals surface area (Å²) < 4.78 is 0. The van der Waals surface area contributed by atoms with Crippen molar-refractivity contribution < 1.29 is 9.59 Å². The van der Waals surface area contributed by atoms with Crippen molar-refractivity contribution in [2.75, 3.05) is 23.7 Å². The predicted octanol–water partition coefficient (Wildman–Crippen LogP) is 2.78. The number of rotatable bonds is 5. The lowest BCUT2D eigenvalue weighted by atomic mass is 9.82. The van der Waals surface area contributed by atoms with Crippen LogP contribution in [0.1, 0.15) is 34.2 Å². The number of thiazole rings is 2. The number of nitrogens with zero attached hydrogens (tertiary/aromatic N) is 2. The van der Waals surface area contributed by atoms with Crippen molar-refractivity contribution in [3.8, 4) is 0 Å². The fourth-order valence-electron chi connectivity index (χ4n) is 3.18. The lowest BCUT2D eigenvalue weighted by Gasteiger charge is -2.26. The summed E-state index contributed by atoms with van der Waals surface area (Å²) in [7, 11) is 0. The normalized spacial score (nSPS) is 19.5. The van der Waals surface area contributed by atoms with Gasteiger partial charge in [0.1, 0.15) is 10.0 Å². The SMILES string of the molecule is Cc1nc(C)c(NC(=O)CC2(C(=O)Nc3sc(C)nc3C)CCNC2)s1. The smallest absolute Gasteiger partial charge is 0.233 e. The average Bonchev–Trinajstić information content (AvgIpc) is 3.21. The molecule has 1 aliphatic heterocycles. The molecule has 3 heterocycles. The first-order valence-corrected chi connectivity index (χ1v) is 10.1. The van der Waals surface area contributed by atoms with Gasteiger partial charge >= 0.3 is 0 Å². The Morgan fingerprint density at radius 2 is 1.62 bits per heavy atom. The zero-order chi connectivity index (χ0) is 18.9. The summed E-state index contributed by atoms with van der Waals surface area (Å²) >= 11 is 2.91. The highest BCUT2D eigenvalue weighted by molar-refractivity contribution is 7.16. The van der Waals surface area contributed by atoms with E-state index >= 15 is 0 Å². The zero-order valence-corrected chi connectivity index (χ0v) is 17.0. The topological polar surface area (TPSA) is 96.0 Å². The van der Waals surface area contributed by atoms with Crippen LogP contribution in [0.2, 0.25) is 0 Å². The molecule has 0 radical (unpaired) electrons. The van der Waals surface area contributed by atoms with Crippen LogP contribution < -0.4 is 16.0 Å². The fourth-order valence-corrected chi connectivity index (χ4v) is 4.83. The van der Waals surface area contributed by atoms with E-state index in [-0.39, 0.29) is 18.2 Å². The van der Waals surface area contributed by atoms with Gasteiger partial charge in [-0.25, -0.2) is 9.97 Å². The third-order valence-corrected chi connectivity index (χ3v) is 6.49. The molecule has 3 N–H and O–H groups in total. The summed E-state index contributed by atoms with van der Waals surface area (Å²) in [4.78, 5) is 34.3. The van der Waals surface area contributed by atoms with Crippen molar-refractivity contribution in [1.82, 2.24) is 15.3 Å². The van der Waals surface area contributed by atoms with Gasteiger partial charge in [0.25, 0.3) is 0 Å². The highest BCUT2D eigenvalue weighted by Crippen LogP contribution is 2.34. The summed E-state index contributed by atoms with van der Waals surface area (Å²) in [5.41, 5.74) is 0.865. The van der Waals surface area contributed by atoms with Crippen molar-refractivity contribution >= 4 is 44.5 Å². The minimum absolute atomic E-state index is 0.124. The Labute approximate surface area is 160 Å². The number of aromatic nitrogens is 2. The molecule has 1 saturated heterocycles. The maximum atomic E-state index is 13.0. The number of hydrogen-bond donors (Lipinski definition) is 3. The second kappa shape index (κ2) is 7.42. The largest absolute Gasteiger partial charge is 0.316 e. The number of hydrogen-bond acceptors (Lipinski definition) is 7. The quantitative estimate of drug-likeness (QED) is 0.726. The summed E-state index contributed by atoms with van der Waals surface area (Å²) in [5, 5.41) is 12.4. The Morgan fingerprint density at radius 1 is 1.04 bits per heavy atom. The number of anilines is 2. The van der Waals surface area contributed by atoms with Gasteiger partial charge < -0.3 is 16.0 Å². The maximum Gasteiger partial charge on any atom is 0.233 e. The molecule has 2 amide bonds. The second-order valence-corrected chi connectivity index (χ2v) is 9.09. The lowest BCUT2D eigenvalue weighted by Crippen LogP contribution is -2.41. The molecule has 1 unspecified atom stereocenters. The number of carbonyl (C=O) groups is 2. The summed E-state index contributed by atoms with van der Waals surface area (Å²) in [6, 6.07) is 0. The molecule has 0 aliphatic carbocycles. The van der Waals surface area contributed by atoms with Crippen LogP contribution in [0.15, 0.2) is 0 Å². The number of aryl methyl sites for hydroxylation is 4. The van der Waals surface area contributed by atoms with E-state index < -0.39 is 5.41 Å². The van der Waals surface area contributed by atoms with Gasteiger partial charge in [-0.05, 0) is 40.7 Å². The molecule has 1 atom stereocenters. The molecule has 7 nitrogen and oxygen atoms in total. The van der Waals surface area contributed by atoms with Gasteiger partial charge in [-0.1, -0.05) is 0 Å². The van der Waals surface area contributed by atoms with Crippen LogP contribution >= 0.6 is 22.7 Å². The molecular formula is C17H23N5O2S2. The number of amides is 2. The molecule has 0 aromatic carbocycles. The van der Waals surface area contributed by atoms with Crippen molar-refractivity contribution in [2.45, 2.75) is 40.5 Å². The van der Waals surface area contributed by atoms with E-state index in [4.69, 9.17) is 0 Å². The highest BCUT2D eigenvalue weighted by Gasteiger charge is 2.43. The van der Waals surface area contributed by atoms with E-state index in [1.54, 1.807) is 0 Å². The first kappa shape index (κ1) is 18.9. The van der Waals surface area contributed by atoms with Gasteiger partial charge in [0.2, 0.25) is 11.8 Å². The van der Waals surface area contributed by atoms with Crippen molar-refractivity contribution in [1.29, 1.82) is 0 Å². The minimum Gasteiger partial charge on any atom is -0.316 e. The maximum absolute atomic E-state index is 13.0. The van der Waals surface area contributed by atoms with Gasteiger partial charge in [0.05, 0.1) is 26.8 Å². The number of carbonyl (C=O) groups excluding carboxylic acids is 2. The van der Waals surface area contributed by atoms with Crippen molar-refractivity contribution in [3.63, 3.8) is 0 Å². The Morgan fingerprint density at radius 3 is 2.08 bits per heavy atom. The molecular weight excluding hydrogens is 370 g/mol. The van der Waals surface area contributed by atoms with Crippen LogP contribution in [-0.4, -0.2) is 34.9 Å². The van der Waals surface area contributed by atoms with Gasteiger partial charge in [0.15, 0.2) is 0 Å². The Balaban J connectivity index is 1.72. The molecule has 140 valence electrons. The van der Waals surface area contributed by atoms with Crippen LogP contribution in [0.25, 0.3) is 0 Å². The molecule has 2 aromatic rings. The second-order valence-electron chi connectivity index (χ2n) is 6.68. The molecule has 3 rings (SSSR count). The molecule has 1 fully saturated rings. The van der Waals surface area contributed by atoms with Crippen LogP contribution in [-0.2, 0) is 9.59 Å². The Hall–Kier alpha value is -1.84. The average molecular weight is 394 g/mol. The Kier molecular flexibility index (Phi) is 5.40. The van der Waals surface area contributed by atoms with Gasteiger partial charge in [-0.2, -0.15) is 0 Å². The van der Waals surface area contributed by atoms with E-state index in [9.17, 15) is 9.59 Å². The van der Waals surface area contributed by atoms with Crippen LogP contribution in [0, 0.1) is 33.1 Å². The summed E-state index contributed by atoms with van der Waals surface area (Å²) in [6.45, 7) is 8.77. The molecule has 0 spiro atoms. The standard InChI is InChI=1S/C17H23N5O2S2/c1-9-14(25-11(3)19-9)21-13(23)7-17(5-6-18-8-17)16(24)22-15-10(2)20-12(4)26-15/h18H,5-8H2,1-4H3,(H,21,23)(H,22,24). The van der Waals surface area contributed by atoms with Gasteiger partial charge in [-0.15, -0.1) is 22.7 Å². The van der Waals surface area contributed by atoms with Crippen LogP contribution in [0.5, 0.6) is 0 Å². The predicted molar refractivity (Wildman–Crippen MR) is 105 cm³/mol. The first-order valence-electron chi connectivity index (χ1n) is 8.49. The summed E-state index contributed by atoms with van der Waals surface area (Å²) in [6.07, 6.45) is 0.767. The molecule has 0 bridgehead atoms. The number of nitrogens with one attached hydrogen (secondary N) is 3. The van der Waals surface area contributed by atoms with E-state index in [1.165, 1.54) is 22.7 Å². The first-order chi connectivity index (χ1) is 12.3. The minimum atomic E-state index is -0.748. The van der Waals surface area contributed by atoms with Crippen LogP contribution in [0.4, 0.5) is 10.0 Å². The monoisotopic (exact) mass is 393 g/mol. The molecule has 1 aliphatic rings. The van der Waals surface area contributed by atoms with E-state index in [0.717, 1.165) is 38.0 Å². The van der Waals surface area contributed by atoms with Crippen LogP contribution in [0.3, 0.4) is 0 Å². The van der Waals surface area contributed by atoms with E-state index in [0.29, 0.717) is 13.0 Å². The molecule has 2 aromatic heterocycles. The third kappa shape index (κ3) is 3.94. The summed E-state index contributed by atoms with van der Waals surface area (Å²) in [5.74, 6) is -0.283. The third-order valence-electron chi connectivity index (χ3n) is 4.51.